The Bertz CT molecular complexity index is 4000. The molecule has 550 valence electrons. The predicted octanol–water partition coefficient (Wildman–Crippen LogP) is 17.7. The Balaban J connectivity index is 0.000000589. The second-order valence-electron chi connectivity index (χ2n) is 31.0. The first-order valence-corrected chi connectivity index (χ1v) is 32.2. The van der Waals surface area contributed by atoms with E-state index in [2.05, 4.69) is 89.6 Å². The van der Waals surface area contributed by atoms with Gasteiger partial charge in [0.2, 0.25) is 0 Å². The van der Waals surface area contributed by atoms with E-state index in [1.54, 1.807) is 54.5 Å². The van der Waals surface area contributed by atoms with Crippen molar-refractivity contribution in [1.29, 1.82) is 27.0 Å². The fourth-order valence-electron chi connectivity index (χ4n) is 8.96. The average Bonchev–Trinajstić information content (AvgIpc) is 0.818. The topological polar surface area (TPSA) is 330 Å². The highest BCUT2D eigenvalue weighted by atomic mass is 19.2. The summed E-state index contributed by atoms with van der Waals surface area (Å²) in [5.74, 6) is -5.11. The Morgan fingerprint density at radius 3 is 0.960 bits per heavy atom. The van der Waals surface area contributed by atoms with E-state index in [1.165, 1.54) is 42.0 Å². The Kier molecular flexibility index (Phi) is 32.2. The smallest absolute Gasteiger partial charge is 0.170 e. The van der Waals surface area contributed by atoms with Gasteiger partial charge in [-0.15, -0.1) is 0 Å². The van der Waals surface area contributed by atoms with E-state index in [0.29, 0.717) is 17.0 Å². The fraction of sp³-hybridized carbons (Fsp3) is 0.380. The van der Waals surface area contributed by atoms with Crippen LogP contribution in [0.5, 0.6) is 0 Å². The van der Waals surface area contributed by atoms with Gasteiger partial charge in [-0.1, -0.05) is 235 Å². The van der Waals surface area contributed by atoms with E-state index < -0.39 is 63.0 Å². The van der Waals surface area contributed by atoms with Gasteiger partial charge in [-0.05, 0) is 127 Å². The van der Waals surface area contributed by atoms with E-state index in [9.17, 15) is 30.7 Å². The number of oxime groups is 2. The van der Waals surface area contributed by atoms with Gasteiger partial charge in [0, 0.05) is 39.1 Å². The highest BCUT2D eigenvalue weighted by Crippen LogP contribution is 2.32. The Morgan fingerprint density at radius 2 is 0.673 bits per heavy atom. The van der Waals surface area contributed by atoms with Gasteiger partial charge >= 0.3 is 0 Å². The Hall–Kier alpha value is -9.86. The van der Waals surface area contributed by atoms with E-state index in [4.69, 9.17) is 66.7 Å². The number of nitrogens with one attached hydrogen (secondary N) is 5. The lowest BCUT2D eigenvalue weighted by molar-refractivity contribution is 0.213. The van der Waals surface area contributed by atoms with Crippen LogP contribution in [0.4, 0.5) is 30.7 Å². The van der Waals surface area contributed by atoms with Gasteiger partial charge in [-0.25, -0.2) is 30.7 Å². The largest absolute Gasteiger partial charge is 0.409 e. The van der Waals surface area contributed by atoms with Crippen LogP contribution in [0.25, 0.3) is 0 Å². The Labute approximate surface area is 594 Å². The third-order valence-corrected chi connectivity index (χ3v) is 15.1. The molecule has 7 aromatic rings. The first-order chi connectivity index (χ1) is 45.8. The molecule has 22 heteroatoms. The summed E-state index contributed by atoms with van der Waals surface area (Å²) in [4.78, 5) is 4.62. The maximum atomic E-state index is 13.6. The first-order valence-electron chi connectivity index (χ1n) is 32.2. The normalized spacial score (nSPS) is 11.9. The summed E-state index contributed by atoms with van der Waals surface area (Å²) in [5.41, 5.74) is 38.9. The molecule has 0 bridgehead atoms. The lowest BCUT2D eigenvalue weighted by Gasteiger charge is -2.21. The first kappa shape index (κ1) is 89.2. The molecule has 0 saturated heterocycles. The van der Waals surface area contributed by atoms with Crippen molar-refractivity contribution in [1.82, 2.24) is 0 Å². The van der Waals surface area contributed by atoms with Crippen LogP contribution in [0, 0.1) is 67.8 Å². The van der Waals surface area contributed by atoms with Crippen molar-refractivity contribution < 1.29 is 40.8 Å². The highest BCUT2D eigenvalue weighted by Gasteiger charge is 2.26. The molecule has 0 aromatic heterocycles. The van der Waals surface area contributed by atoms with E-state index >= 15 is 0 Å². The number of amidine groups is 6. The summed E-state index contributed by atoms with van der Waals surface area (Å²) in [6, 6.07) is 35.4. The lowest BCUT2D eigenvalue weighted by Crippen LogP contribution is -2.19. The molecule has 0 aliphatic carbocycles. The molecule has 0 aliphatic heterocycles. The quantitative estimate of drug-likeness (QED) is 0.0228. The predicted molar refractivity (Wildman–Crippen MR) is 403 cm³/mol. The summed E-state index contributed by atoms with van der Waals surface area (Å²) in [6.07, 6.45) is 0. The molecule has 0 amide bonds. The van der Waals surface area contributed by atoms with Gasteiger partial charge in [0.05, 0.1) is 11.1 Å². The van der Waals surface area contributed by atoms with Crippen LogP contribution in [-0.2, 0) is 42.7 Å². The number of nitrogens with two attached hydrogens (primary N) is 6. The zero-order valence-electron chi connectivity index (χ0n) is 63.0. The minimum absolute atomic E-state index is 0.0208. The molecule has 0 atom stereocenters. The van der Waals surface area contributed by atoms with Crippen LogP contribution in [0.15, 0.2) is 138 Å². The number of hydrogen-bond donors (Lipinski definition) is 12. The molecule has 15 nitrogen and oxygen atoms in total. The summed E-state index contributed by atoms with van der Waals surface area (Å²) in [7, 11) is 1.48. The van der Waals surface area contributed by atoms with Crippen molar-refractivity contribution in [3.05, 3.63) is 246 Å². The molecule has 101 heavy (non-hydrogen) atoms. The third-order valence-electron chi connectivity index (χ3n) is 15.1. The molecule has 0 radical (unpaired) electrons. The third kappa shape index (κ3) is 28.7. The van der Waals surface area contributed by atoms with Crippen molar-refractivity contribution in [2.24, 2.45) is 44.7 Å². The lowest BCUT2D eigenvalue weighted by atomic mass is 9.85. The van der Waals surface area contributed by atoms with Gasteiger partial charge in [0.15, 0.2) is 11.7 Å². The van der Waals surface area contributed by atoms with Crippen molar-refractivity contribution in [2.75, 3.05) is 7.11 Å². The molecular formula is C79H108F7N13O2. The maximum Gasteiger partial charge on any atom is 0.170 e. The summed E-state index contributed by atoms with van der Waals surface area (Å²) in [6.45, 7) is 43.3. The minimum Gasteiger partial charge on any atom is -0.409 e. The molecule has 0 aliphatic rings. The number of benzene rings is 7. The van der Waals surface area contributed by atoms with Crippen molar-refractivity contribution in [3.63, 3.8) is 0 Å². The van der Waals surface area contributed by atoms with Crippen LogP contribution < -0.4 is 34.4 Å². The Morgan fingerprint density at radius 1 is 0.337 bits per heavy atom. The van der Waals surface area contributed by atoms with Gasteiger partial charge in [-0.2, -0.15) is 0 Å². The number of nitrogens with zero attached hydrogens (tertiary/aromatic N) is 2. The highest BCUT2D eigenvalue weighted by molar-refractivity contribution is 5.99. The van der Waals surface area contributed by atoms with E-state index in [-0.39, 0.29) is 78.4 Å². The van der Waals surface area contributed by atoms with Crippen molar-refractivity contribution in [3.8, 4) is 0 Å². The number of rotatable bonds is 8. The van der Waals surface area contributed by atoms with Crippen molar-refractivity contribution >= 4 is 40.7 Å². The molecule has 0 fully saturated rings. The fourth-order valence-corrected chi connectivity index (χ4v) is 8.96. The molecule has 0 unspecified atom stereocenters. The van der Waals surface area contributed by atoms with Crippen LogP contribution in [0.3, 0.4) is 0 Å². The zero-order chi connectivity index (χ0) is 78.6. The van der Waals surface area contributed by atoms with Crippen LogP contribution in [-0.4, -0.2) is 53.0 Å². The number of halogens is 7. The number of nitrogen functional groups attached to an aromatic ring is 4. The van der Waals surface area contributed by atoms with E-state index in [0.717, 1.165) is 46.5 Å². The van der Waals surface area contributed by atoms with Gasteiger partial charge < -0.3 is 49.9 Å². The van der Waals surface area contributed by atoms with Gasteiger partial charge in [0.25, 0.3) is 0 Å². The molecule has 7 rings (SSSR count). The summed E-state index contributed by atoms with van der Waals surface area (Å²) < 4.78 is 94.5. The van der Waals surface area contributed by atoms with Gasteiger partial charge in [-0.3, -0.25) is 21.6 Å². The standard InChI is InChI=1S/C12H16FN.C12H18N2O.3C11H14F2N2.C11H16N2O.C11H16N2/c1-8(14)10-6-5-9(7-11(10)13)12(2,3)4;1-12(2,3)10-7-5-9(6-8-10)11(13)14-15-4;1-11(2,3)7-5-8(12)6(10(14)15)4-9(7)13;1-11(2,3)6-4-7(12)9(10(14)15)8(13)5-6;1-11(2,3)9-7(12)4-6(10(14)15)5-8(9)13;1-11(2,3)9-6-4-8(5-7-9)10(12)13-14;1-11(2,3)9-6-4-8(5-7-9)10(12)13/h5-7,14H,1-4H3;5-8H,1-4H3,(H2,13,14);3*4-5H,1-3H3,(H3,14,15);4-7,14H,1-3H3,(H2,12,13);4-7H,1-3H3,(H3,12,13). The minimum atomic E-state index is -0.785. The monoisotopic (exact) mass is 1400 g/mol. The van der Waals surface area contributed by atoms with Crippen LogP contribution in [0.2, 0.25) is 0 Å². The molecule has 7 aromatic carbocycles. The second kappa shape index (κ2) is 36.5. The summed E-state index contributed by atoms with van der Waals surface area (Å²) in [5, 5.41) is 50.9. The number of hydrogen-bond acceptors (Lipinski definition) is 9. The second-order valence-corrected chi connectivity index (χ2v) is 31.0. The molecule has 0 spiro atoms. The molecule has 0 heterocycles. The molecule has 0 saturated carbocycles. The van der Waals surface area contributed by atoms with Crippen molar-refractivity contribution in [2.45, 2.75) is 190 Å². The molecular weight excluding hydrogens is 1300 g/mol. The SMILES string of the molecule is CC(=N)c1ccc(C(C)(C)C)cc1F.CC(C)(C)c1c(F)cc(C(=N)N)cc1F.CC(C)(C)c1cc(F)c(C(=N)N)c(F)c1.CC(C)(C)c1cc(F)c(C(=N)N)cc1F.CC(C)(C)c1ccc(/C(N)=N/O)cc1.CC(C)(C)c1ccc(C(=N)N)cc1.CO/N=C(\N)c1ccc(C(C)(C)C)cc1. The summed E-state index contributed by atoms with van der Waals surface area (Å²) >= 11 is 0. The van der Waals surface area contributed by atoms with Crippen LogP contribution >= 0.6 is 0 Å². The maximum absolute atomic E-state index is 13.6. The van der Waals surface area contributed by atoms with E-state index in [1.807, 2.05) is 108 Å². The van der Waals surface area contributed by atoms with Crippen LogP contribution in [0.1, 0.15) is 230 Å². The van der Waals surface area contributed by atoms with Gasteiger partial charge in [0.1, 0.15) is 71.2 Å². The average molecular weight is 1400 g/mol. The zero-order valence-corrected chi connectivity index (χ0v) is 63.0. The molecule has 18 N–H and O–H groups in total.